The van der Waals surface area contributed by atoms with Gasteiger partial charge in [-0.15, -0.1) is 0 Å². The number of rotatable bonds is 7. The van der Waals surface area contributed by atoms with Crippen LogP contribution in [0.2, 0.25) is 0 Å². The molecule has 3 nitrogen and oxygen atoms in total. The van der Waals surface area contributed by atoms with Crippen LogP contribution in [-0.4, -0.2) is 38.2 Å². The van der Waals surface area contributed by atoms with E-state index in [9.17, 15) is 0 Å². The van der Waals surface area contributed by atoms with Gasteiger partial charge < -0.3 is 15.4 Å². The topological polar surface area (TPSA) is 38.5 Å². The summed E-state index contributed by atoms with van der Waals surface area (Å²) >= 11 is 0. The van der Waals surface area contributed by atoms with Crippen molar-refractivity contribution in [1.29, 1.82) is 0 Å². The second kappa shape index (κ2) is 7.39. The zero-order valence-corrected chi connectivity index (χ0v) is 12.0. The molecule has 2 N–H and O–H groups in total. The van der Waals surface area contributed by atoms with Gasteiger partial charge in [0.2, 0.25) is 0 Å². The van der Waals surface area contributed by atoms with Gasteiger partial charge in [0.1, 0.15) is 5.75 Å². The van der Waals surface area contributed by atoms with E-state index in [0.717, 1.165) is 12.2 Å². The van der Waals surface area contributed by atoms with Gasteiger partial charge in [0.15, 0.2) is 0 Å². The Morgan fingerprint density at radius 2 is 1.78 bits per heavy atom. The van der Waals surface area contributed by atoms with Crippen LogP contribution in [0.3, 0.4) is 0 Å². The summed E-state index contributed by atoms with van der Waals surface area (Å²) in [5, 5.41) is 0. The third-order valence-corrected chi connectivity index (χ3v) is 3.27. The third kappa shape index (κ3) is 4.67. The smallest absolute Gasteiger partial charge is 0.119 e. The summed E-state index contributed by atoms with van der Waals surface area (Å²) in [7, 11) is 4.10. The number of nitrogens with two attached hydrogens (primary N) is 1. The molecular formula is C15H26N2O. The molecule has 0 aliphatic carbocycles. The van der Waals surface area contributed by atoms with Gasteiger partial charge in [-0.25, -0.2) is 0 Å². The Morgan fingerprint density at radius 3 is 2.22 bits per heavy atom. The Hall–Kier alpha value is -1.06. The summed E-state index contributed by atoms with van der Waals surface area (Å²) in [4.78, 5) is 2.14. The molecule has 18 heavy (non-hydrogen) atoms. The summed E-state index contributed by atoms with van der Waals surface area (Å²) in [6.07, 6.45) is 0.954. The van der Waals surface area contributed by atoms with E-state index >= 15 is 0 Å². The van der Waals surface area contributed by atoms with Crippen LogP contribution in [0.4, 0.5) is 0 Å². The normalized spacial score (nSPS) is 13.1. The third-order valence-electron chi connectivity index (χ3n) is 3.27. The molecular weight excluding hydrogens is 224 g/mol. The Labute approximate surface area is 111 Å². The molecule has 0 radical (unpaired) electrons. The number of nitrogens with zero attached hydrogens (tertiary/aromatic N) is 1. The Balaban J connectivity index is 2.39. The summed E-state index contributed by atoms with van der Waals surface area (Å²) < 4.78 is 5.74. The van der Waals surface area contributed by atoms with E-state index in [-0.39, 0.29) is 0 Å². The number of hydrogen-bond donors (Lipinski definition) is 1. The van der Waals surface area contributed by atoms with Gasteiger partial charge in [-0.05, 0) is 44.1 Å². The standard InChI is InChI=1S/C15H26N2O/c1-12(2)13-5-7-15(8-6-13)18-10-9-14(11-16)17(3)4/h5-8,12,14H,9-11,16H2,1-4H3. The minimum Gasteiger partial charge on any atom is -0.494 e. The highest BCUT2D eigenvalue weighted by Gasteiger charge is 2.08. The lowest BCUT2D eigenvalue weighted by Gasteiger charge is -2.22. The monoisotopic (exact) mass is 250 g/mol. The molecule has 1 aromatic rings. The van der Waals surface area contributed by atoms with E-state index in [1.165, 1.54) is 5.56 Å². The van der Waals surface area contributed by atoms with Crippen molar-refractivity contribution in [3.8, 4) is 5.75 Å². The van der Waals surface area contributed by atoms with Crippen molar-refractivity contribution in [2.75, 3.05) is 27.2 Å². The van der Waals surface area contributed by atoms with Gasteiger partial charge in [-0.2, -0.15) is 0 Å². The maximum Gasteiger partial charge on any atom is 0.119 e. The van der Waals surface area contributed by atoms with Crippen molar-refractivity contribution in [3.63, 3.8) is 0 Å². The Bertz CT molecular complexity index is 333. The van der Waals surface area contributed by atoms with Crippen molar-refractivity contribution in [2.45, 2.75) is 32.2 Å². The van der Waals surface area contributed by atoms with Crippen molar-refractivity contribution in [2.24, 2.45) is 5.73 Å². The van der Waals surface area contributed by atoms with Gasteiger partial charge in [0.05, 0.1) is 6.61 Å². The maximum atomic E-state index is 5.74. The SMILES string of the molecule is CC(C)c1ccc(OCCC(CN)N(C)C)cc1. The molecule has 0 aliphatic heterocycles. The van der Waals surface area contributed by atoms with Gasteiger partial charge in [-0.1, -0.05) is 26.0 Å². The molecule has 0 aliphatic rings. The highest BCUT2D eigenvalue weighted by atomic mass is 16.5. The summed E-state index contributed by atoms with van der Waals surface area (Å²) in [6.45, 7) is 5.77. The molecule has 0 spiro atoms. The molecule has 0 bridgehead atoms. The van der Waals surface area contributed by atoms with Crippen LogP contribution in [0, 0.1) is 0 Å². The molecule has 1 aromatic carbocycles. The predicted octanol–water partition coefficient (Wildman–Crippen LogP) is 2.47. The van der Waals surface area contributed by atoms with Crippen molar-refractivity contribution < 1.29 is 4.74 Å². The lowest BCUT2D eigenvalue weighted by Crippen LogP contribution is -2.36. The van der Waals surface area contributed by atoms with E-state index < -0.39 is 0 Å². The Kier molecular flexibility index (Phi) is 6.16. The number of ether oxygens (including phenoxy) is 1. The molecule has 1 atom stereocenters. The van der Waals surface area contributed by atoms with Gasteiger partial charge in [-0.3, -0.25) is 0 Å². The first kappa shape index (κ1) is 15.0. The highest BCUT2D eigenvalue weighted by molar-refractivity contribution is 5.28. The fourth-order valence-corrected chi connectivity index (χ4v) is 1.85. The van der Waals surface area contributed by atoms with Crippen molar-refractivity contribution >= 4 is 0 Å². The van der Waals surface area contributed by atoms with Crippen LogP contribution >= 0.6 is 0 Å². The maximum absolute atomic E-state index is 5.74. The van der Waals surface area contributed by atoms with Gasteiger partial charge in [0, 0.05) is 12.6 Å². The number of benzene rings is 1. The van der Waals surface area contributed by atoms with E-state index in [2.05, 4.69) is 45.0 Å². The first-order valence-electron chi connectivity index (χ1n) is 6.63. The summed E-state index contributed by atoms with van der Waals surface area (Å²) in [5.41, 5.74) is 7.05. The van der Waals surface area contributed by atoms with Crippen molar-refractivity contribution in [1.82, 2.24) is 4.90 Å². The first-order valence-corrected chi connectivity index (χ1v) is 6.63. The van der Waals surface area contributed by atoms with Gasteiger partial charge in [0.25, 0.3) is 0 Å². The second-order valence-corrected chi connectivity index (χ2v) is 5.21. The van der Waals surface area contributed by atoms with Crippen LogP contribution in [0.1, 0.15) is 31.7 Å². The minimum absolute atomic E-state index is 0.389. The van der Waals surface area contributed by atoms with E-state index in [1.807, 2.05) is 12.1 Å². The molecule has 0 fully saturated rings. The molecule has 0 saturated carbocycles. The van der Waals surface area contributed by atoms with Crippen LogP contribution < -0.4 is 10.5 Å². The highest BCUT2D eigenvalue weighted by Crippen LogP contribution is 2.18. The number of likely N-dealkylation sites (N-methyl/N-ethyl adjacent to an activating group) is 1. The summed E-state index contributed by atoms with van der Waals surface area (Å²) in [5.74, 6) is 1.50. The van der Waals surface area contributed by atoms with Crippen LogP contribution in [-0.2, 0) is 0 Å². The van der Waals surface area contributed by atoms with E-state index in [1.54, 1.807) is 0 Å². The molecule has 0 heterocycles. The lowest BCUT2D eigenvalue weighted by molar-refractivity contribution is 0.225. The van der Waals surface area contributed by atoms with E-state index in [4.69, 9.17) is 10.5 Å². The largest absolute Gasteiger partial charge is 0.494 e. The Morgan fingerprint density at radius 1 is 1.17 bits per heavy atom. The average molecular weight is 250 g/mol. The minimum atomic E-state index is 0.389. The predicted molar refractivity (Wildman–Crippen MR) is 77.2 cm³/mol. The fraction of sp³-hybridized carbons (Fsp3) is 0.600. The zero-order chi connectivity index (χ0) is 13.5. The lowest BCUT2D eigenvalue weighted by atomic mass is 10.0. The molecule has 0 amide bonds. The molecule has 0 aromatic heterocycles. The zero-order valence-electron chi connectivity index (χ0n) is 12.0. The molecule has 1 unspecified atom stereocenters. The number of hydrogen-bond acceptors (Lipinski definition) is 3. The van der Waals surface area contributed by atoms with Crippen LogP contribution in [0.15, 0.2) is 24.3 Å². The van der Waals surface area contributed by atoms with Gasteiger partial charge >= 0.3 is 0 Å². The molecule has 0 saturated heterocycles. The van der Waals surface area contributed by atoms with Crippen molar-refractivity contribution in [3.05, 3.63) is 29.8 Å². The van der Waals surface area contributed by atoms with Crippen LogP contribution in [0.25, 0.3) is 0 Å². The fourth-order valence-electron chi connectivity index (χ4n) is 1.85. The van der Waals surface area contributed by atoms with Crippen LogP contribution in [0.5, 0.6) is 5.75 Å². The molecule has 1 rings (SSSR count). The second-order valence-electron chi connectivity index (χ2n) is 5.21. The quantitative estimate of drug-likeness (QED) is 0.808. The summed E-state index contributed by atoms with van der Waals surface area (Å²) in [6, 6.07) is 8.74. The first-order chi connectivity index (χ1) is 8.54. The molecule has 102 valence electrons. The van der Waals surface area contributed by atoms with E-state index in [0.29, 0.717) is 25.1 Å². The molecule has 3 heteroatoms. The average Bonchev–Trinajstić information content (AvgIpc) is 2.34.